The van der Waals surface area contributed by atoms with Crippen molar-refractivity contribution >= 4 is 49.6 Å². The Balaban J connectivity index is -0.00000000800. The molecule has 0 aromatic rings. The van der Waals surface area contributed by atoms with E-state index in [4.69, 9.17) is 40.0 Å². The standard InChI is InChI=1S/Cl4Ge.5H2O/c1-5(2,3)4;;;;;/h;5*1H2. The molecular formula is H10Cl4GeO5. The molecule has 0 heterocycles. The second-order valence-corrected chi connectivity index (χ2v) is 20.0. The molecule has 0 aliphatic rings. The Kier molecular flexibility index (Phi) is 70.6. The Bertz CT molecular complexity index is 29.1. The molecule has 10 heavy (non-hydrogen) atoms. The molecule has 10 heteroatoms. The van der Waals surface area contributed by atoms with E-state index in [-0.39, 0.29) is 27.4 Å². The van der Waals surface area contributed by atoms with Crippen LogP contribution >= 0.6 is 40.0 Å². The summed E-state index contributed by atoms with van der Waals surface area (Å²) in [5, 5.41) is 0. The third-order valence-electron chi connectivity index (χ3n) is 0. The minimum absolute atomic E-state index is 0. The van der Waals surface area contributed by atoms with Crippen molar-refractivity contribution in [3.05, 3.63) is 0 Å². The van der Waals surface area contributed by atoms with Crippen LogP contribution in [0.15, 0.2) is 0 Å². The van der Waals surface area contributed by atoms with Crippen molar-refractivity contribution in [2.75, 3.05) is 0 Å². The molecule has 72 valence electrons. The van der Waals surface area contributed by atoms with E-state index >= 15 is 0 Å². The summed E-state index contributed by atoms with van der Waals surface area (Å²) in [4.78, 5) is 0. The molecule has 0 rings (SSSR count). The SMILES string of the molecule is O.O.O.O.O.[Cl][Ge]([Cl])([Cl])[Cl]. The predicted octanol–water partition coefficient (Wildman–Crippen LogP) is -1.75. The first-order chi connectivity index (χ1) is 2.00. The van der Waals surface area contributed by atoms with Crippen LogP contribution in [-0.4, -0.2) is 36.9 Å². The van der Waals surface area contributed by atoms with Gasteiger partial charge >= 0.3 is 49.6 Å². The van der Waals surface area contributed by atoms with E-state index in [2.05, 4.69) is 0 Å². The maximum absolute atomic E-state index is 5.01. The van der Waals surface area contributed by atoms with Gasteiger partial charge in [-0.15, -0.1) is 0 Å². The second-order valence-electron chi connectivity index (χ2n) is 0.429. The fraction of sp³-hybridized carbons (Fsp3) is 0. The minimum atomic E-state index is -3.11. The Morgan fingerprint density at radius 1 is 0.500 bits per heavy atom. The predicted molar refractivity (Wildman–Crippen MR) is 47.2 cm³/mol. The number of halogens is 4. The van der Waals surface area contributed by atoms with E-state index < -0.39 is 9.55 Å². The van der Waals surface area contributed by atoms with Gasteiger partial charge in [-0.25, -0.2) is 0 Å². The molecule has 0 atom stereocenters. The molecule has 0 aromatic carbocycles. The third-order valence-corrected chi connectivity index (χ3v) is 0. The van der Waals surface area contributed by atoms with Gasteiger partial charge in [-0.2, -0.15) is 0 Å². The van der Waals surface area contributed by atoms with Crippen LogP contribution in [0.4, 0.5) is 0 Å². The number of hydrogen-bond donors (Lipinski definition) is 0. The summed E-state index contributed by atoms with van der Waals surface area (Å²) in [6.45, 7) is 0. The van der Waals surface area contributed by atoms with Gasteiger partial charge in [0.1, 0.15) is 0 Å². The van der Waals surface area contributed by atoms with Crippen LogP contribution < -0.4 is 0 Å². The molecule has 0 unspecified atom stereocenters. The molecule has 0 aromatic heterocycles. The van der Waals surface area contributed by atoms with Crippen LogP contribution in [-0.2, 0) is 0 Å². The Morgan fingerprint density at radius 2 is 0.500 bits per heavy atom. The van der Waals surface area contributed by atoms with Crippen molar-refractivity contribution in [1.29, 1.82) is 0 Å². The molecule has 0 spiro atoms. The van der Waals surface area contributed by atoms with Gasteiger partial charge in [0, 0.05) is 0 Å². The van der Waals surface area contributed by atoms with Crippen LogP contribution in [0.25, 0.3) is 0 Å². The molecule has 0 saturated heterocycles. The molecule has 0 amide bonds. The summed E-state index contributed by atoms with van der Waals surface area (Å²) in [5.41, 5.74) is 0. The Morgan fingerprint density at radius 3 is 0.500 bits per heavy atom. The van der Waals surface area contributed by atoms with Crippen molar-refractivity contribution in [2.24, 2.45) is 0 Å². The fourth-order valence-corrected chi connectivity index (χ4v) is 0. The van der Waals surface area contributed by atoms with Gasteiger partial charge in [0.25, 0.3) is 0 Å². The molecular weight excluding hydrogens is 294 g/mol. The van der Waals surface area contributed by atoms with E-state index in [0.717, 1.165) is 0 Å². The van der Waals surface area contributed by atoms with Gasteiger partial charge < -0.3 is 27.4 Å². The van der Waals surface area contributed by atoms with Gasteiger partial charge in [0.2, 0.25) is 0 Å². The zero-order valence-corrected chi connectivity index (χ0v) is 9.63. The van der Waals surface area contributed by atoms with E-state index in [9.17, 15) is 0 Å². The quantitative estimate of drug-likeness (QED) is 0.465. The first-order valence-corrected chi connectivity index (χ1v) is 11.8. The number of hydrogen-bond acceptors (Lipinski definition) is 0. The molecule has 0 aliphatic heterocycles. The van der Waals surface area contributed by atoms with Crippen LogP contribution in [0.2, 0.25) is 0 Å². The maximum atomic E-state index is 5.01. The Labute approximate surface area is 76.8 Å². The van der Waals surface area contributed by atoms with Gasteiger partial charge in [-0.05, 0) is 0 Å². The molecule has 0 bridgehead atoms. The van der Waals surface area contributed by atoms with Crippen LogP contribution in [0.5, 0.6) is 0 Å². The van der Waals surface area contributed by atoms with Gasteiger partial charge in [0.15, 0.2) is 0 Å². The van der Waals surface area contributed by atoms with Gasteiger partial charge in [-0.1, -0.05) is 0 Å². The van der Waals surface area contributed by atoms with Crippen molar-refractivity contribution in [2.45, 2.75) is 0 Å². The van der Waals surface area contributed by atoms with Crippen LogP contribution in [0, 0.1) is 0 Å². The van der Waals surface area contributed by atoms with Crippen LogP contribution in [0.3, 0.4) is 0 Å². The van der Waals surface area contributed by atoms with E-state index in [1.165, 1.54) is 0 Å². The summed E-state index contributed by atoms with van der Waals surface area (Å²) in [5.74, 6) is 0. The summed E-state index contributed by atoms with van der Waals surface area (Å²) in [6.07, 6.45) is 0. The molecule has 10 N–H and O–H groups in total. The third kappa shape index (κ3) is 304. The van der Waals surface area contributed by atoms with E-state index in [1.54, 1.807) is 0 Å². The summed E-state index contributed by atoms with van der Waals surface area (Å²) < 4.78 is 0. The summed E-state index contributed by atoms with van der Waals surface area (Å²) in [6, 6.07) is 0. The molecule has 0 radical (unpaired) electrons. The molecule has 0 fully saturated rings. The zero-order chi connectivity index (χ0) is 4.50. The average Bonchev–Trinajstić information content (AvgIpc) is 0.722. The monoisotopic (exact) mass is 304 g/mol. The topological polar surface area (TPSA) is 158 Å². The zero-order valence-electron chi connectivity index (χ0n) is 4.51. The fourth-order valence-electron chi connectivity index (χ4n) is 0. The van der Waals surface area contributed by atoms with Crippen LogP contribution in [0.1, 0.15) is 0 Å². The first kappa shape index (κ1) is 41.9. The van der Waals surface area contributed by atoms with E-state index in [1.807, 2.05) is 0 Å². The summed E-state index contributed by atoms with van der Waals surface area (Å²) >= 11 is 0. The molecule has 5 nitrogen and oxygen atoms in total. The molecule has 0 saturated carbocycles. The van der Waals surface area contributed by atoms with Crippen molar-refractivity contribution in [3.8, 4) is 0 Å². The number of rotatable bonds is 0. The first-order valence-electron chi connectivity index (χ1n) is 0.756. The Hall–Kier alpha value is 1.50. The normalized spacial score (nSPS) is 6.00. The van der Waals surface area contributed by atoms with Gasteiger partial charge in [0.05, 0.1) is 0 Å². The average molecular weight is 304 g/mol. The second kappa shape index (κ2) is 16.8. The van der Waals surface area contributed by atoms with Crippen molar-refractivity contribution in [3.63, 3.8) is 0 Å². The van der Waals surface area contributed by atoms with Crippen molar-refractivity contribution in [1.82, 2.24) is 0 Å². The van der Waals surface area contributed by atoms with Gasteiger partial charge in [-0.3, -0.25) is 0 Å². The van der Waals surface area contributed by atoms with E-state index in [0.29, 0.717) is 0 Å². The van der Waals surface area contributed by atoms with Crippen molar-refractivity contribution < 1.29 is 27.4 Å². The molecule has 0 aliphatic carbocycles. The summed E-state index contributed by atoms with van der Waals surface area (Å²) in [7, 11) is 16.9.